The molecular weight excluding hydrogens is 1270 g/mol. The van der Waals surface area contributed by atoms with E-state index in [-0.39, 0.29) is 34.2 Å². The van der Waals surface area contributed by atoms with Crippen molar-refractivity contribution in [3.8, 4) is 56.8 Å². The molecule has 32 heteroatoms. The summed E-state index contributed by atoms with van der Waals surface area (Å²) in [5, 5.41) is 21.6. The number of phenolic OH excluding ortho intramolecular Hbond substituents is 1. The molecule has 24 nitrogen and oxygen atoms in total. The van der Waals surface area contributed by atoms with Gasteiger partial charge in [-0.25, -0.2) is 56.3 Å². The van der Waals surface area contributed by atoms with E-state index in [1.807, 2.05) is 50.2 Å². The first kappa shape index (κ1) is 61.2. The van der Waals surface area contributed by atoms with Crippen molar-refractivity contribution in [2.75, 3.05) is 36.8 Å². The second kappa shape index (κ2) is 26.4. The number of sulfonamides is 2. The number of ether oxygens (including phenoxy) is 1. The first-order valence-electron chi connectivity index (χ1n) is 25.8. The van der Waals surface area contributed by atoms with E-state index in [1.165, 1.54) is 55.5 Å². The van der Waals surface area contributed by atoms with E-state index < -0.39 is 35.4 Å². The number of amides is 1. The Hall–Kier alpha value is -7.93. The normalized spacial score (nSPS) is 15.8. The topological polar surface area (TPSA) is 321 Å². The van der Waals surface area contributed by atoms with Gasteiger partial charge in [0.2, 0.25) is 31.9 Å². The molecule has 4 aromatic carbocycles. The highest BCUT2D eigenvalue weighted by molar-refractivity contribution is 8.12. The maximum absolute atomic E-state index is 13.2. The third-order valence-corrected chi connectivity index (χ3v) is 19.5. The zero-order valence-electron chi connectivity index (χ0n) is 44.5. The van der Waals surface area contributed by atoms with E-state index in [1.54, 1.807) is 79.1 Å². The van der Waals surface area contributed by atoms with Gasteiger partial charge < -0.3 is 26.2 Å². The third-order valence-electron chi connectivity index (χ3n) is 13.2. The summed E-state index contributed by atoms with van der Waals surface area (Å²) < 4.78 is 86.1. The number of hydrogen-bond donors (Lipinski definition) is 4. The first-order chi connectivity index (χ1) is 41.2. The number of isocyanates is 1. The molecule has 86 heavy (non-hydrogen) atoms. The molecule has 1 amide bonds. The summed E-state index contributed by atoms with van der Waals surface area (Å²) in [5.74, 6) is 1.24. The predicted molar refractivity (Wildman–Crippen MR) is 328 cm³/mol. The van der Waals surface area contributed by atoms with Crippen LogP contribution in [0.1, 0.15) is 25.7 Å². The second-order valence-electron chi connectivity index (χ2n) is 19.0. The molecule has 0 bridgehead atoms. The van der Waals surface area contributed by atoms with Gasteiger partial charge in [0, 0.05) is 106 Å². The molecule has 12 rings (SSSR count). The van der Waals surface area contributed by atoms with Crippen molar-refractivity contribution in [1.82, 2.24) is 47.3 Å². The summed E-state index contributed by atoms with van der Waals surface area (Å²) in [6, 6.07) is 29.6. The average Bonchev–Trinajstić information content (AvgIpc) is 2.28. The van der Waals surface area contributed by atoms with Crippen LogP contribution in [0, 0.1) is 0 Å². The number of benzene rings is 4. The first-order valence-corrected chi connectivity index (χ1v) is 33.4. The van der Waals surface area contributed by atoms with Gasteiger partial charge in [0.1, 0.15) is 22.9 Å². The SMILES string of the molecule is NC(=O)Oc1cccc(-c2nc3sccn3c2-c2ccnc(N[C@@H]3CCCN(S(=O)(=O)c4ccc(Cl)cc4)C3)n2)c1.O=C=NS(=O)(=O)Cl.O=S(=O)(c1ccc(Cl)cc1)N1CCC[C@@H](Nc2nccc(-c3c(-c4cccc(O)c4)nc4sccn34)n2)C1. The number of phenols is 1. The number of fused-ring (bicyclic) bond motifs is 2. The van der Waals surface area contributed by atoms with Crippen LogP contribution in [0.5, 0.6) is 11.5 Å². The number of carbonyl (C=O) groups is 1. The Bertz CT molecular complexity index is 4510. The summed E-state index contributed by atoms with van der Waals surface area (Å²) >= 11 is 14.9. The van der Waals surface area contributed by atoms with Gasteiger partial charge in [0.25, 0.3) is 6.08 Å². The standard InChI is InChI=1S/C27H24ClN7O4S2.C26H23ClN6O3S2.CClNO3S/c28-18-6-8-21(9-7-18)41(37,38)34-12-2-4-19(16-34)31-26-30-11-10-22(32-26)24-23(33-27-35(24)13-14-40-27)17-3-1-5-20(15-17)39-25(29)36;27-18-6-8-21(9-7-18)38(35,36)32-12-2-4-19(16-32)29-25-28-11-10-22(30-25)24-23(17-3-1-5-20(34)15-17)31-26-33(24)13-14-37-26;2-7(5,6)3-1-4/h1,3,5-11,13-15,19H,2,4,12,16H2,(H2,29,36)(H,30,31,32);1,3,5-11,13-15,19,34H,2,4,12,16H2,(H,28,29,30);/t2*19-;/m11./s1. The molecule has 6 aromatic heterocycles. The molecule has 0 saturated carbocycles. The number of carbonyl (C=O) groups excluding carboxylic acids is 2. The fourth-order valence-corrected chi connectivity index (χ4v) is 14.4. The van der Waals surface area contributed by atoms with E-state index in [4.69, 9.17) is 58.4 Å². The van der Waals surface area contributed by atoms with Gasteiger partial charge in [-0.2, -0.15) is 17.0 Å². The molecule has 10 aromatic rings. The van der Waals surface area contributed by atoms with Gasteiger partial charge in [-0.15, -0.1) is 22.7 Å². The van der Waals surface area contributed by atoms with Crippen LogP contribution in [-0.4, -0.2) is 128 Å². The Morgan fingerprint density at radius 1 is 0.663 bits per heavy atom. The molecule has 444 valence electrons. The molecule has 2 atom stereocenters. The number of piperidine rings is 2. The number of halogens is 3. The highest BCUT2D eigenvalue weighted by Gasteiger charge is 2.33. The summed E-state index contributed by atoms with van der Waals surface area (Å²) in [6.07, 6.45) is 9.98. The van der Waals surface area contributed by atoms with Crippen LogP contribution in [-0.2, 0) is 34.1 Å². The Balaban J connectivity index is 0.000000172. The van der Waals surface area contributed by atoms with Gasteiger partial charge in [-0.3, -0.25) is 8.80 Å². The van der Waals surface area contributed by atoms with Crippen molar-refractivity contribution in [3.05, 3.63) is 155 Å². The van der Waals surface area contributed by atoms with Crippen LogP contribution in [0.2, 0.25) is 10.0 Å². The quantitative estimate of drug-likeness (QED) is 0.0447. The van der Waals surface area contributed by atoms with Crippen LogP contribution >= 0.6 is 56.6 Å². The fourth-order valence-electron chi connectivity index (χ4n) is 9.54. The molecule has 0 spiro atoms. The van der Waals surface area contributed by atoms with E-state index in [9.17, 15) is 35.2 Å². The van der Waals surface area contributed by atoms with Gasteiger partial charge in [-0.1, -0.05) is 51.9 Å². The minimum Gasteiger partial charge on any atom is -0.508 e. The van der Waals surface area contributed by atoms with Gasteiger partial charge >= 0.3 is 15.3 Å². The molecular formula is C54H47Cl3N14O10S5. The number of nitrogens with one attached hydrogen (secondary N) is 2. The number of aromatic hydroxyl groups is 1. The van der Waals surface area contributed by atoms with Crippen molar-refractivity contribution in [2.24, 2.45) is 10.1 Å². The smallest absolute Gasteiger partial charge is 0.409 e. The molecule has 0 aliphatic carbocycles. The number of nitrogens with zero attached hydrogens (tertiary/aromatic N) is 11. The Morgan fingerprint density at radius 3 is 1.56 bits per heavy atom. The molecule has 0 unspecified atom stereocenters. The van der Waals surface area contributed by atoms with Crippen molar-refractivity contribution in [2.45, 2.75) is 47.6 Å². The van der Waals surface area contributed by atoms with Crippen LogP contribution in [0.3, 0.4) is 0 Å². The summed E-state index contributed by atoms with van der Waals surface area (Å²) in [7, 11) is -6.94. The largest absolute Gasteiger partial charge is 0.508 e. The van der Waals surface area contributed by atoms with Gasteiger partial charge in [0.05, 0.1) is 32.6 Å². The van der Waals surface area contributed by atoms with E-state index in [0.717, 1.165) is 51.4 Å². The van der Waals surface area contributed by atoms with E-state index in [2.05, 4.69) is 35.7 Å². The number of thiazole rings is 2. The number of hydrogen-bond acceptors (Lipinski definition) is 20. The summed E-state index contributed by atoms with van der Waals surface area (Å²) in [4.78, 5) is 50.3. The maximum Gasteiger partial charge on any atom is 0.409 e. The number of nitrogens with two attached hydrogens (primary N) is 1. The Kier molecular flexibility index (Phi) is 18.7. The summed E-state index contributed by atoms with van der Waals surface area (Å²) in [6.45, 7) is 1.45. The lowest BCUT2D eigenvalue weighted by Gasteiger charge is -2.32. The van der Waals surface area contributed by atoms with Crippen LogP contribution in [0.15, 0.2) is 159 Å². The molecule has 2 aliphatic rings. The predicted octanol–water partition coefficient (Wildman–Crippen LogP) is 9.85. The lowest BCUT2D eigenvalue weighted by atomic mass is 10.1. The molecule has 2 saturated heterocycles. The van der Waals surface area contributed by atoms with E-state index in [0.29, 0.717) is 82.9 Å². The monoisotopic (exact) mass is 1320 g/mol. The molecule has 5 N–H and O–H groups in total. The zero-order valence-corrected chi connectivity index (χ0v) is 50.8. The molecule has 2 aliphatic heterocycles. The number of aromatic nitrogens is 8. The highest BCUT2D eigenvalue weighted by Crippen LogP contribution is 2.37. The van der Waals surface area contributed by atoms with Crippen molar-refractivity contribution >= 4 is 120 Å². The third kappa shape index (κ3) is 14.5. The fraction of sp³-hybridized carbons (Fsp3) is 0.185. The average molecular weight is 1320 g/mol. The van der Waals surface area contributed by atoms with E-state index >= 15 is 0 Å². The lowest BCUT2D eigenvalue weighted by Crippen LogP contribution is -2.45. The number of primary amides is 1. The minimum absolute atomic E-state index is 0.154. The van der Waals surface area contributed by atoms with Crippen LogP contribution in [0.25, 0.3) is 55.2 Å². The van der Waals surface area contributed by atoms with Gasteiger partial charge in [0.15, 0.2) is 9.92 Å². The Labute approximate surface area is 514 Å². The number of anilines is 2. The van der Waals surface area contributed by atoms with Crippen molar-refractivity contribution < 1.29 is 44.7 Å². The number of rotatable bonds is 14. The summed E-state index contributed by atoms with van der Waals surface area (Å²) in [5.41, 5.74) is 10.8. The van der Waals surface area contributed by atoms with Crippen molar-refractivity contribution in [1.29, 1.82) is 0 Å². The second-order valence-corrected chi connectivity index (χ2v) is 27.6. The lowest BCUT2D eigenvalue weighted by molar-refractivity contribution is 0.211. The minimum atomic E-state index is -4.00. The highest BCUT2D eigenvalue weighted by atomic mass is 35.7. The van der Waals surface area contributed by atoms with Crippen LogP contribution in [0.4, 0.5) is 16.7 Å². The maximum atomic E-state index is 13.2. The molecule has 2 fully saturated rings. The molecule has 8 heterocycles. The Morgan fingerprint density at radius 2 is 1.13 bits per heavy atom. The molecule has 0 radical (unpaired) electrons. The van der Waals surface area contributed by atoms with Crippen LogP contribution < -0.4 is 21.1 Å². The van der Waals surface area contributed by atoms with Crippen molar-refractivity contribution in [3.63, 3.8) is 0 Å². The number of imidazole rings is 2. The van der Waals surface area contributed by atoms with Gasteiger partial charge in [-0.05, 0) is 111 Å². The zero-order chi connectivity index (χ0) is 60.8.